The van der Waals surface area contributed by atoms with E-state index in [4.69, 9.17) is 0 Å². The molecule has 0 amide bonds. The Hall–Kier alpha value is -1.58. The fourth-order valence-corrected chi connectivity index (χ4v) is 2.90. The Morgan fingerprint density at radius 3 is 2.61 bits per heavy atom. The van der Waals surface area contributed by atoms with Gasteiger partial charge in [-0.3, -0.25) is 9.36 Å². The quantitative estimate of drug-likeness (QED) is 0.893. The van der Waals surface area contributed by atoms with Gasteiger partial charge in [0.05, 0.1) is 0 Å². The van der Waals surface area contributed by atoms with Gasteiger partial charge in [0.2, 0.25) is 0 Å². The third-order valence-corrected chi connectivity index (χ3v) is 4.19. The van der Waals surface area contributed by atoms with Crippen LogP contribution in [0.5, 0.6) is 0 Å². The van der Waals surface area contributed by atoms with Crippen LogP contribution in [0.2, 0.25) is 0 Å². The predicted octanol–water partition coefficient (Wildman–Crippen LogP) is 2.23. The highest BCUT2D eigenvalue weighted by molar-refractivity contribution is 5.76. The molecule has 1 aromatic heterocycles. The Kier molecular flexibility index (Phi) is 3.55. The maximum atomic E-state index is 11.9. The molecule has 18 heavy (non-hydrogen) atoms. The fraction of sp³-hybridized carbons (Fsp3) is 0.571. The Morgan fingerprint density at radius 1 is 1.44 bits per heavy atom. The largest absolute Gasteiger partial charge is 0.479 e. The van der Waals surface area contributed by atoms with Crippen LogP contribution < -0.4 is 5.56 Å². The van der Waals surface area contributed by atoms with Gasteiger partial charge in [0.25, 0.3) is 5.56 Å². The first kappa shape index (κ1) is 12.9. The van der Waals surface area contributed by atoms with Crippen molar-refractivity contribution in [3.05, 3.63) is 34.7 Å². The van der Waals surface area contributed by atoms with E-state index >= 15 is 0 Å². The number of carboxylic acids is 1. The molecule has 1 saturated carbocycles. The number of hydrogen-bond acceptors (Lipinski definition) is 2. The van der Waals surface area contributed by atoms with Crippen LogP contribution in [0.3, 0.4) is 0 Å². The number of pyridine rings is 1. The van der Waals surface area contributed by atoms with Gasteiger partial charge in [0.1, 0.15) is 5.54 Å². The molecule has 0 radical (unpaired) electrons. The van der Waals surface area contributed by atoms with E-state index in [0.717, 1.165) is 19.3 Å². The van der Waals surface area contributed by atoms with Crippen LogP contribution in [0.15, 0.2) is 29.2 Å². The number of carbonyl (C=O) groups is 1. The average molecular weight is 249 g/mol. The van der Waals surface area contributed by atoms with Crippen molar-refractivity contribution >= 4 is 5.97 Å². The van der Waals surface area contributed by atoms with Crippen LogP contribution in [-0.4, -0.2) is 15.6 Å². The highest BCUT2D eigenvalue weighted by atomic mass is 16.4. The summed E-state index contributed by atoms with van der Waals surface area (Å²) in [4.78, 5) is 23.5. The zero-order chi connectivity index (χ0) is 13.2. The van der Waals surface area contributed by atoms with Crippen LogP contribution in [0.25, 0.3) is 0 Å². The highest BCUT2D eigenvalue weighted by Gasteiger charge is 2.43. The van der Waals surface area contributed by atoms with Crippen LogP contribution in [0.1, 0.15) is 39.0 Å². The van der Waals surface area contributed by atoms with Crippen LogP contribution in [0.4, 0.5) is 0 Å². The molecule has 0 aliphatic heterocycles. The van der Waals surface area contributed by atoms with Crippen molar-refractivity contribution in [2.45, 2.75) is 44.6 Å². The summed E-state index contributed by atoms with van der Waals surface area (Å²) in [5.74, 6) is -0.290. The van der Waals surface area contributed by atoms with Crippen molar-refractivity contribution in [3.8, 4) is 0 Å². The summed E-state index contributed by atoms with van der Waals surface area (Å²) in [5.41, 5.74) is -1.26. The van der Waals surface area contributed by atoms with Crippen molar-refractivity contribution in [1.82, 2.24) is 4.57 Å². The number of aliphatic carboxylic acids is 1. The van der Waals surface area contributed by atoms with E-state index in [-0.39, 0.29) is 5.56 Å². The second-order valence-corrected chi connectivity index (χ2v) is 5.10. The monoisotopic (exact) mass is 249 g/mol. The lowest BCUT2D eigenvalue weighted by atomic mass is 9.75. The Morgan fingerprint density at radius 2 is 2.11 bits per heavy atom. The second kappa shape index (κ2) is 4.96. The van der Waals surface area contributed by atoms with E-state index in [0.29, 0.717) is 18.8 Å². The van der Waals surface area contributed by atoms with Gasteiger partial charge in [-0.25, -0.2) is 4.79 Å². The van der Waals surface area contributed by atoms with Crippen LogP contribution >= 0.6 is 0 Å². The maximum Gasteiger partial charge on any atom is 0.329 e. The van der Waals surface area contributed by atoms with E-state index in [1.165, 1.54) is 10.6 Å². The molecule has 1 heterocycles. The lowest BCUT2D eigenvalue weighted by Crippen LogP contribution is -2.49. The third kappa shape index (κ3) is 2.07. The van der Waals surface area contributed by atoms with Crippen LogP contribution in [-0.2, 0) is 10.3 Å². The minimum atomic E-state index is -1.04. The smallest absolute Gasteiger partial charge is 0.329 e. The van der Waals surface area contributed by atoms with Gasteiger partial charge >= 0.3 is 5.97 Å². The first-order valence-electron chi connectivity index (χ1n) is 6.51. The van der Waals surface area contributed by atoms with E-state index in [2.05, 4.69) is 6.92 Å². The van der Waals surface area contributed by atoms with E-state index in [1.807, 2.05) is 0 Å². The second-order valence-electron chi connectivity index (χ2n) is 5.10. The van der Waals surface area contributed by atoms with Crippen molar-refractivity contribution < 1.29 is 9.90 Å². The summed E-state index contributed by atoms with van der Waals surface area (Å²) < 4.78 is 1.40. The number of aromatic nitrogens is 1. The van der Waals surface area contributed by atoms with E-state index in [9.17, 15) is 14.7 Å². The zero-order valence-corrected chi connectivity index (χ0v) is 10.6. The highest BCUT2D eigenvalue weighted by Crippen LogP contribution is 2.38. The van der Waals surface area contributed by atoms with Crippen molar-refractivity contribution in [1.29, 1.82) is 0 Å². The third-order valence-electron chi connectivity index (χ3n) is 4.19. The zero-order valence-electron chi connectivity index (χ0n) is 10.6. The first-order valence-corrected chi connectivity index (χ1v) is 6.51. The topological polar surface area (TPSA) is 59.3 Å². The molecule has 2 rings (SSSR count). The molecular formula is C14H19NO3. The molecule has 0 saturated heterocycles. The maximum absolute atomic E-state index is 11.9. The molecule has 1 aliphatic rings. The first-order chi connectivity index (χ1) is 8.60. The van der Waals surface area contributed by atoms with Gasteiger partial charge in [-0.05, 0) is 37.7 Å². The SMILES string of the molecule is CCC1CCC(C(=O)O)(n2ccccc2=O)CC1. The van der Waals surface area contributed by atoms with Gasteiger partial charge in [0, 0.05) is 12.3 Å². The van der Waals surface area contributed by atoms with Gasteiger partial charge < -0.3 is 5.11 Å². The standard InChI is InChI=1S/C14H19NO3/c1-2-11-6-8-14(9-7-11,13(17)18)15-10-4-3-5-12(15)16/h3-5,10-11H,2,6-9H2,1H3,(H,17,18). The van der Waals surface area contributed by atoms with Crippen LogP contribution in [0, 0.1) is 5.92 Å². The van der Waals surface area contributed by atoms with E-state index in [1.54, 1.807) is 18.3 Å². The summed E-state index contributed by atoms with van der Waals surface area (Å²) >= 11 is 0. The molecule has 0 unspecified atom stereocenters. The Bertz CT molecular complexity index is 484. The van der Waals surface area contributed by atoms with Crippen molar-refractivity contribution in [2.24, 2.45) is 5.92 Å². The lowest BCUT2D eigenvalue weighted by Gasteiger charge is -2.37. The van der Waals surface area contributed by atoms with E-state index < -0.39 is 11.5 Å². The van der Waals surface area contributed by atoms with Gasteiger partial charge in [0.15, 0.2) is 0 Å². The Balaban J connectivity index is 2.38. The van der Waals surface area contributed by atoms with Gasteiger partial charge in [-0.1, -0.05) is 19.4 Å². The van der Waals surface area contributed by atoms with Crippen molar-refractivity contribution in [3.63, 3.8) is 0 Å². The molecular weight excluding hydrogens is 230 g/mol. The molecule has 0 atom stereocenters. The number of hydrogen-bond donors (Lipinski definition) is 1. The minimum Gasteiger partial charge on any atom is -0.479 e. The predicted molar refractivity (Wildman–Crippen MR) is 68.6 cm³/mol. The molecule has 1 aromatic rings. The number of carboxylic acid groups (broad SMARTS) is 1. The number of rotatable bonds is 3. The summed E-state index contributed by atoms with van der Waals surface area (Å²) in [6.07, 6.45) is 5.53. The lowest BCUT2D eigenvalue weighted by molar-refractivity contribution is -0.150. The molecule has 98 valence electrons. The molecule has 0 aromatic carbocycles. The summed E-state index contributed by atoms with van der Waals surface area (Å²) in [5, 5.41) is 9.57. The van der Waals surface area contributed by atoms with Gasteiger partial charge in [-0.15, -0.1) is 0 Å². The molecule has 4 heteroatoms. The molecule has 1 fully saturated rings. The fourth-order valence-electron chi connectivity index (χ4n) is 2.90. The Labute approximate surface area is 106 Å². The van der Waals surface area contributed by atoms with Crippen molar-refractivity contribution in [2.75, 3.05) is 0 Å². The molecule has 1 aliphatic carbocycles. The summed E-state index contributed by atoms with van der Waals surface area (Å²) in [6.45, 7) is 2.13. The molecule has 0 spiro atoms. The summed E-state index contributed by atoms with van der Waals surface area (Å²) in [7, 11) is 0. The molecule has 1 N–H and O–H groups in total. The normalized spacial score (nSPS) is 27.9. The number of nitrogens with zero attached hydrogens (tertiary/aromatic N) is 1. The molecule has 4 nitrogen and oxygen atoms in total. The van der Waals surface area contributed by atoms with Gasteiger partial charge in [-0.2, -0.15) is 0 Å². The molecule has 0 bridgehead atoms. The average Bonchev–Trinajstić information content (AvgIpc) is 2.39. The minimum absolute atomic E-state index is 0.227. The summed E-state index contributed by atoms with van der Waals surface area (Å²) in [6, 6.07) is 4.79.